The first-order valence-electron chi connectivity index (χ1n) is 12.1. The highest BCUT2D eigenvalue weighted by molar-refractivity contribution is 6.14. The van der Waals surface area contributed by atoms with Crippen LogP contribution in [0.5, 0.6) is 5.75 Å². The number of benzene rings is 2. The molecule has 1 aliphatic rings. The van der Waals surface area contributed by atoms with Crippen molar-refractivity contribution in [2.45, 2.75) is 13.8 Å². The van der Waals surface area contributed by atoms with Crippen LogP contribution in [-0.2, 0) is 16.6 Å². The quantitative estimate of drug-likeness (QED) is 0.279. The van der Waals surface area contributed by atoms with Gasteiger partial charge in [0.05, 0.1) is 42.0 Å². The van der Waals surface area contributed by atoms with Gasteiger partial charge in [-0.2, -0.15) is 0 Å². The first-order chi connectivity index (χ1) is 17.7. The largest absolute Gasteiger partial charge is 0.495 e. The SMILES string of the molecule is CCOC(=O)c1c(C)n(C)c2ccc(OC)c(NC(=O)CN3CCN(c4ccc([N+](=O)[O-])cc4)CC3)c12. The molecule has 1 N–H and O–H groups in total. The van der Waals surface area contributed by atoms with Gasteiger partial charge < -0.3 is 24.3 Å². The number of carbonyl (C=O) groups excluding carboxylic acids is 2. The van der Waals surface area contributed by atoms with Crippen molar-refractivity contribution in [2.75, 3.05) is 56.7 Å². The van der Waals surface area contributed by atoms with Gasteiger partial charge in [0.25, 0.3) is 5.69 Å². The lowest BCUT2D eigenvalue weighted by atomic mass is 10.1. The van der Waals surface area contributed by atoms with Crippen molar-refractivity contribution in [2.24, 2.45) is 7.05 Å². The maximum Gasteiger partial charge on any atom is 0.340 e. The Morgan fingerprint density at radius 1 is 1.08 bits per heavy atom. The Morgan fingerprint density at radius 3 is 2.35 bits per heavy atom. The van der Waals surface area contributed by atoms with Crippen LogP contribution in [0.2, 0.25) is 0 Å². The number of esters is 1. The molecular formula is C26H31N5O6. The third-order valence-electron chi connectivity index (χ3n) is 6.75. The van der Waals surface area contributed by atoms with Crippen LogP contribution in [-0.4, -0.2) is 72.7 Å². The molecule has 2 heterocycles. The van der Waals surface area contributed by atoms with Crippen LogP contribution < -0.4 is 15.0 Å². The predicted octanol–water partition coefficient (Wildman–Crippen LogP) is 3.34. The van der Waals surface area contributed by atoms with Crippen LogP contribution in [0.15, 0.2) is 36.4 Å². The number of carbonyl (C=O) groups is 2. The first kappa shape index (κ1) is 26.0. The number of non-ortho nitro benzene ring substituents is 1. The van der Waals surface area contributed by atoms with Gasteiger partial charge in [-0.1, -0.05) is 0 Å². The maximum absolute atomic E-state index is 13.1. The number of nitrogens with zero attached hydrogens (tertiary/aromatic N) is 4. The molecule has 11 heteroatoms. The molecule has 1 aliphatic heterocycles. The minimum absolute atomic E-state index is 0.0595. The van der Waals surface area contributed by atoms with Crippen molar-refractivity contribution >= 4 is 39.8 Å². The van der Waals surface area contributed by atoms with E-state index in [1.165, 1.54) is 19.2 Å². The van der Waals surface area contributed by atoms with Crippen molar-refractivity contribution < 1.29 is 24.0 Å². The summed E-state index contributed by atoms with van der Waals surface area (Å²) in [5.74, 6) is -0.206. The molecule has 4 rings (SSSR count). The second-order valence-electron chi connectivity index (χ2n) is 8.86. The first-order valence-corrected chi connectivity index (χ1v) is 12.1. The number of aryl methyl sites for hydroxylation is 1. The van der Waals surface area contributed by atoms with Crippen molar-refractivity contribution in [3.63, 3.8) is 0 Å². The van der Waals surface area contributed by atoms with Gasteiger partial charge in [0.2, 0.25) is 5.91 Å². The van der Waals surface area contributed by atoms with Crippen LogP contribution in [0.25, 0.3) is 10.9 Å². The number of fused-ring (bicyclic) bond motifs is 1. The maximum atomic E-state index is 13.1. The highest BCUT2D eigenvalue weighted by Gasteiger charge is 2.26. The van der Waals surface area contributed by atoms with Gasteiger partial charge in [0.1, 0.15) is 5.75 Å². The molecule has 0 atom stereocenters. The number of nitro groups is 1. The van der Waals surface area contributed by atoms with Crippen LogP contribution in [0.3, 0.4) is 0 Å². The highest BCUT2D eigenvalue weighted by atomic mass is 16.6. The number of methoxy groups -OCH3 is 1. The molecule has 1 fully saturated rings. The van der Waals surface area contributed by atoms with E-state index in [2.05, 4.69) is 10.2 Å². The number of ether oxygens (including phenoxy) is 2. The van der Waals surface area contributed by atoms with Crippen LogP contribution in [0, 0.1) is 17.0 Å². The zero-order chi connectivity index (χ0) is 26.7. The fourth-order valence-corrected chi connectivity index (χ4v) is 4.71. The highest BCUT2D eigenvalue weighted by Crippen LogP contribution is 2.38. The average Bonchev–Trinajstić information content (AvgIpc) is 3.15. The van der Waals surface area contributed by atoms with Crippen LogP contribution in [0.4, 0.5) is 17.1 Å². The lowest BCUT2D eigenvalue weighted by Gasteiger charge is -2.35. The van der Waals surface area contributed by atoms with E-state index in [9.17, 15) is 19.7 Å². The lowest BCUT2D eigenvalue weighted by Crippen LogP contribution is -2.48. The molecular weight excluding hydrogens is 478 g/mol. The fraction of sp³-hybridized carbons (Fsp3) is 0.385. The molecule has 3 aromatic rings. The van der Waals surface area contributed by atoms with Crippen molar-refractivity contribution in [3.05, 3.63) is 57.8 Å². The molecule has 37 heavy (non-hydrogen) atoms. The van der Waals surface area contributed by atoms with Gasteiger partial charge in [0.15, 0.2) is 0 Å². The van der Waals surface area contributed by atoms with Gasteiger partial charge in [-0.25, -0.2) is 4.79 Å². The average molecular weight is 510 g/mol. The van der Waals surface area contributed by atoms with Gasteiger partial charge in [-0.15, -0.1) is 0 Å². The topological polar surface area (TPSA) is 119 Å². The zero-order valence-corrected chi connectivity index (χ0v) is 21.4. The summed E-state index contributed by atoms with van der Waals surface area (Å²) in [6, 6.07) is 10.1. The molecule has 0 unspecified atom stereocenters. The number of nitrogens with one attached hydrogen (secondary N) is 1. The van der Waals surface area contributed by atoms with Gasteiger partial charge in [-0.3, -0.25) is 19.8 Å². The normalized spacial score (nSPS) is 14.0. The summed E-state index contributed by atoms with van der Waals surface area (Å²) < 4.78 is 12.7. The number of amides is 1. The molecule has 1 aromatic heterocycles. The van der Waals surface area contributed by atoms with E-state index in [1.54, 1.807) is 25.1 Å². The smallest absolute Gasteiger partial charge is 0.340 e. The number of hydrogen-bond acceptors (Lipinski definition) is 8. The predicted molar refractivity (Wildman–Crippen MR) is 141 cm³/mol. The number of anilines is 2. The summed E-state index contributed by atoms with van der Waals surface area (Å²) in [6.07, 6.45) is 0. The Morgan fingerprint density at radius 2 is 1.76 bits per heavy atom. The second-order valence-corrected chi connectivity index (χ2v) is 8.86. The van der Waals surface area contributed by atoms with E-state index in [1.807, 2.05) is 29.5 Å². The second kappa shape index (κ2) is 10.9. The van der Waals surface area contributed by atoms with Gasteiger partial charge >= 0.3 is 5.97 Å². The Balaban J connectivity index is 1.49. The van der Waals surface area contributed by atoms with E-state index in [-0.39, 0.29) is 24.7 Å². The Kier molecular flexibility index (Phi) is 7.63. The summed E-state index contributed by atoms with van der Waals surface area (Å²) >= 11 is 0. The summed E-state index contributed by atoms with van der Waals surface area (Å²) in [5, 5.41) is 14.5. The van der Waals surface area contributed by atoms with E-state index >= 15 is 0 Å². The molecule has 0 aliphatic carbocycles. The molecule has 0 radical (unpaired) electrons. The minimum Gasteiger partial charge on any atom is -0.495 e. The van der Waals surface area contributed by atoms with Crippen molar-refractivity contribution in [1.82, 2.24) is 9.47 Å². The minimum atomic E-state index is -0.447. The Labute approximate surface area is 214 Å². The molecule has 1 amide bonds. The number of rotatable bonds is 8. The third kappa shape index (κ3) is 5.21. The molecule has 1 saturated heterocycles. The number of hydrogen-bond donors (Lipinski definition) is 1. The monoisotopic (exact) mass is 509 g/mol. The van der Waals surface area contributed by atoms with Gasteiger partial charge in [0, 0.05) is 62.1 Å². The van der Waals surface area contributed by atoms with Crippen LogP contribution in [0.1, 0.15) is 23.0 Å². The standard InChI is InChI=1S/C26H31N5O6/c1-5-37-26(33)23-17(2)28(3)20-10-11-21(36-4)25(24(20)23)27-22(32)16-29-12-14-30(15-13-29)18-6-8-19(9-7-18)31(34)35/h6-11H,5,12-16H2,1-4H3,(H,27,32). The van der Waals surface area contributed by atoms with E-state index in [4.69, 9.17) is 9.47 Å². The van der Waals surface area contributed by atoms with E-state index < -0.39 is 10.9 Å². The molecule has 11 nitrogen and oxygen atoms in total. The van der Waals surface area contributed by atoms with Crippen molar-refractivity contribution in [3.8, 4) is 5.75 Å². The van der Waals surface area contributed by atoms with E-state index in [0.29, 0.717) is 48.6 Å². The Bertz CT molecular complexity index is 1330. The van der Waals surface area contributed by atoms with Gasteiger partial charge in [-0.05, 0) is 38.1 Å². The number of piperazine rings is 1. The van der Waals surface area contributed by atoms with Crippen molar-refractivity contribution in [1.29, 1.82) is 0 Å². The fourth-order valence-electron chi connectivity index (χ4n) is 4.71. The Hall–Kier alpha value is -4.12. The molecule has 2 aromatic carbocycles. The third-order valence-corrected chi connectivity index (χ3v) is 6.75. The summed E-state index contributed by atoms with van der Waals surface area (Å²) in [4.78, 5) is 40.6. The summed E-state index contributed by atoms with van der Waals surface area (Å²) in [7, 11) is 3.39. The lowest BCUT2D eigenvalue weighted by molar-refractivity contribution is -0.384. The zero-order valence-electron chi connectivity index (χ0n) is 21.4. The molecule has 0 spiro atoms. The van der Waals surface area contributed by atoms with E-state index in [0.717, 1.165) is 16.9 Å². The number of nitro benzene ring substituents is 1. The number of aromatic nitrogens is 1. The molecule has 196 valence electrons. The summed E-state index contributed by atoms with van der Waals surface area (Å²) in [5.41, 5.74) is 3.35. The summed E-state index contributed by atoms with van der Waals surface area (Å²) in [6.45, 7) is 6.70. The van der Waals surface area contributed by atoms with Crippen LogP contribution >= 0.6 is 0 Å². The molecule has 0 bridgehead atoms. The molecule has 0 saturated carbocycles.